The Morgan fingerprint density at radius 1 is 1.12 bits per heavy atom. The Kier molecular flexibility index (Phi) is 4.99. The molecule has 0 unspecified atom stereocenters. The van der Waals surface area contributed by atoms with Crippen LogP contribution in [0.25, 0.3) is 5.69 Å². The van der Waals surface area contributed by atoms with Crippen molar-refractivity contribution in [3.8, 4) is 5.69 Å². The zero-order valence-electron chi connectivity index (χ0n) is 13.6. The fraction of sp³-hybridized carbons (Fsp3) is 0.158. The van der Waals surface area contributed by atoms with E-state index >= 15 is 0 Å². The van der Waals surface area contributed by atoms with E-state index in [1.807, 2.05) is 73.1 Å². The van der Waals surface area contributed by atoms with E-state index in [1.54, 1.807) is 0 Å². The predicted octanol–water partition coefficient (Wildman–Crippen LogP) is 4.02. The first-order valence-corrected chi connectivity index (χ1v) is 8.78. The minimum atomic E-state index is -0.0697. The Morgan fingerprint density at radius 2 is 1.88 bits per heavy atom. The molecule has 0 saturated carbocycles. The maximum absolute atomic E-state index is 12.3. The molecule has 0 fully saturated rings. The molecule has 1 heterocycles. The van der Waals surface area contributed by atoms with Gasteiger partial charge >= 0.3 is 0 Å². The standard InChI is InChI=1S/C19H18IN3O/c1-13-18(12-21-19(24)15-7-6-8-16(20)11-15)14(2)23(22-13)17-9-4-3-5-10-17/h3-11H,12H2,1-2H3,(H,21,24). The highest BCUT2D eigenvalue weighted by atomic mass is 127. The van der Waals surface area contributed by atoms with Crippen molar-refractivity contribution < 1.29 is 4.79 Å². The Labute approximate surface area is 155 Å². The molecule has 3 aromatic rings. The molecular formula is C19H18IN3O. The molecule has 0 bridgehead atoms. The largest absolute Gasteiger partial charge is 0.348 e. The zero-order valence-corrected chi connectivity index (χ0v) is 15.7. The Morgan fingerprint density at radius 3 is 2.58 bits per heavy atom. The lowest BCUT2D eigenvalue weighted by Crippen LogP contribution is -2.23. The molecule has 1 N–H and O–H groups in total. The highest BCUT2D eigenvalue weighted by Gasteiger charge is 2.14. The number of nitrogens with zero attached hydrogens (tertiary/aromatic N) is 2. The average Bonchev–Trinajstić information content (AvgIpc) is 2.88. The van der Waals surface area contributed by atoms with Crippen LogP contribution in [0.5, 0.6) is 0 Å². The zero-order chi connectivity index (χ0) is 17.1. The smallest absolute Gasteiger partial charge is 0.251 e. The second kappa shape index (κ2) is 7.17. The fourth-order valence-electron chi connectivity index (χ4n) is 2.65. The number of hydrogen-bond acceptors (Lipinski definition) is 2. The first kappa shape index (κ1) is 16.7. The van der Waals surface area contributed by atoms with Gasteiger partial charge in [0.2, 0.25) is 0 Å². The molecule has 0 radical (unpaired) electrons. The number of rotatable bonds is 4. The topological polar surface area (TPSA) is 46.9 Å². The normalized spacial score (nSPS) is 10.6. The molecule has 0 atom stereocenters. The van der Waals surface area contributed by atoms with E-state index in [1.165, 1.54) is 0 Å². The maximum Gasteiger partial charge on any atom is 0.251 e. The molecular weight excluding hydrogens is 413 g/mol. The lowest BCUT2D eigenvalue weighted by atomic mass is 10.1. The molecule has 0 spiro atoms. The summed E-state index contributed by atoms with van der Waals surface area (Å²) in [6.45, 7) is 4.47. The monoisotopic (exact) mass is 431 g/mol. The van der Waals surface area contributed by atoms with Gasteiger partial charge in [0.25, 0.3) is 5.91 Å². The van der Waals surface area contributed by atoms with Crippen molar-refractivity contribution in [3.63, 3.8) is 0 Å². The van der Waals surface area contributed by atoms with E-state index in [0.29, 0.717) is 12.1 Å². The third-order valence-electron chi connectivity index (χ3n) is 3.95. The van der Waals surface area contributed by atoms with Crippen molar-refractivity contribution in [1.82, 2.24) is 15.1 Å². The third-order valence-corrected chi connectivity index (χ3v) is 4.63. The van der Waals surface area contributed by atoms with Gasteiger partial charge in [0, 0.05) is 26.9 Å². The van der Waals surface area contributed by atoms with Gasteiger partial charge in [-0.2, -0.15) is 5.10 Å². The molecule has 3 rings (SSSR count). The SMILES string of the molecule is Cc1nn(-c2ccccc2)c(C)c1CNC(=O)c1cccc(I)c1. The van der Waals surface area contributed by atoms with Crippen molar-refractivity contribution in [2.75, 3.05) is 0 Å². The van der Waals surface area contributed by atoms with Gasteiger partial charge in [-0.1, -0.05) is 24.3 Å². The number of para-hydroxylation sites is 1. The summed E-state index contributed by atoms with van der Waals surface area (Å²) < 4.78 is 2.96. The minimum absolute atomic E-state index is 0.0697. The Balaban J connectivity index is 1.79. The molecule has 5 heteroatoms. The number of carbonyl (C=O) groups excluding carboxylic acids is 1. The Bertz CT molecular complexity index is 872. The number of halogens is 1. The van der Waals surface area contributed by atoms with Gasteiger partial charge in [0.05, 0.1) is 11.4 Å². The molecule has 1 aromatic heterocycles. The van der Waals surface area contributed by atoms with Crippen molar-refractivity contribution >= 4 is 28.5 Å². The average molecular weight is 431 g/mol. The second-order valence-corrected chi connectivity index (χ2v) is 6.84. The van der Waals surface area contributed by atoms with Crippen LogP contribution in [0.15, 0.2) is 54.6 Å². The summed E-state index contributed by atoms with van der Waals surface area (Å²) in [7, 11) is 0. The van der Waals surface area contributed by atoms with Gasteiger partial charge in [-0.3, -0.25) is 4.79 Å². The number of benzene rings is 2. The summed E-state index contributed by atoms with van der Waals surface area (Å²) in [5.41, 5.74) is 4.72. The molecule has 0 saturated heterocycles. The molecule has 0 aliphatic carbocycles. The van der Waals surface area contributed by atoms with Crippen molar-refractivity contribution in [2.45, 2.75) is 20.4 Å². The number of nitrogens with one attached hydrogen (secondary N) is 1. The summed E-state index contributed by atoms with van der Waals surface area (Å²) in [6, 6.07) is 17.6. The van der Waals surface area contributed by atoms with Gasteiger partial charge < -0.3 is 5.32 Å². The summed E-state index contributed by atoms with van der Waals surface area (Å²) in [5, 5.41) is 7.60. The van der Waals surface area contributed by atoms with E-state index in [2.05, 4.69) is 33.0 Å². The van der Waals surface area contributed by atoms with Crippen LogP contribution in [0, 0.1) is 17.4 Å². The Hall–Kier alpha value is -2.15. The van der Waals surface area contributed by atoms with Crippen LogP contribution in [0.1, 0.15) is 27.3 Å². The fourth-order valence-corrected chi connectivity index (χ4v) is 3.19. The van der Waals surface area contributed by atoms with E-state index < -0.39 is 0 Å². The number of hydrogen-bond donors (Lipinski definition) is 1. The summed E-state index contributed by atoms with van der Waals surface area (Å²) in [4.78, 5) is 12.3. The van der Waals surface area contributed by atoms with Crippen LogP contribution in [-0.2, 0) is 6.54 Å². The minimum Gasteiger partial charge on any atom is -0.348 e. The molecule has 24 heavy (non-hydrogen) atoms. The predicted molar refractivity (Wildman–Crippen MR) is 103 cm³/mol. The van der Waals surface area contributed by atoms with E-state index in [-0.39, 0.29) is 5.91 Å². The molecule has 0 aliphatic heterocycles. The number of aryl methyl sites for hydroxylation is 1. The van der Waals surface area contributed by atoms with E-state index in [9.17, 15) is 4.79 Å². The van der Waals surface area contributed by atoms with Crippen LogP contribution in [0.2, 0.25) is 0 Å². The van der Waals surface area contributed by atoms with Crippen LogP contribution in [-0.4, -0.2) is 15.7 Å². The van der Waals surface area contributed by atoms with E-state index in [4.69, 9.17) is 0 Å². The van der Waals surface area contributed by atoms with Gasteiger partial charge in [-0.15, -0.1) is 0 Å². The van der Waals surface area contributed by atoms with Crippen molar-refractivity contribution in [2.24, 2.45) is 0 Å². The quantitative estimate of drug-likeness (QED) is 0.635. The van der Waals surface area contributed by atoms with Gasteiger partial charge in [-0.25, -0.2) is 4.68 Å². The summed E-state index contributed by atoms with van der Waals surface area (Å²) in [6.07, 6.45) is 0. The number of amides is 1. The molecule has 2 aromatic carbocycles. The second-order valence-electron chi connectivity index (χ2n) is 5.59. The first-order valence-electron chi connectivity index (χ1n) is 7.70. The maximum atomic E-state index is 12.3. The lowest BCUT2D eigenvalue weighted by molar-refractivity contribution is 0.0951. The highest BCUT2D eigenvalue weighted by Crippen LogP contribution is 2.18. The summed E-state index contributed by atoms with van der Waals surface area (Å²) in [5.74, 6) is -0.0697. The molecule has 4 nitrogen and oxygen atoms in total. The summed E-state index contributed by atoms with van der Waals surface area (Å²) >= 11 is 2.21. The number of aromatic nitrogens is 2. The van der Waals surface area contributed by atoms with Gasteiger partial charge in [-0.05, 0) is 66.8 Å². The molecule has 1 amide bonds. The van der Waals surface area contributed by atoms with Crippen molar-refractivity contribution in [3.05, 3.63) is 80.7 Å². The highest BCUT2D eigenvalue weighted by molar-refractivity contribution is 14.1. The van der Waals surface area contributed by atoms with Crippen LogP contribution >= 0.6 is 22.6 Å². The van der Waals surface area contributed by atoms with Crippen LogP contribution in [0.3, 0.4) is 0 Å². The van der Waals surface area contributed by atoms with Gasteiger partial charge in [0.1, 0.15) is 0 Å². The van der Waals surface area contributed by atoms with Gasteiger partial charge in [0.15, 0.2) is 0 Å². The van der Waals surface area contributed by atoms with Crippen LogP contribution in [0.4, 0.5) is 0 Å². The van der Waals surface area contributed by atoms with E-state index in [0.717, 1.165) is 26.2 Å². The lowest BCUT2D eigenvalue weighted by Gasteiger charge is -2.07. The number of carbonyl (C=O) groups is 1. The molecule has 122 valence electrons. The molecule has 0 aliphatic rings. The first-order chi connectivity index (χ1) is 11.6. The van der Waals surface area contributed by atoms with Crippen LogP contribution < -0.4 is 5.32 Å². The van der Waals surface area contributed by atoms with Crippen molar-refractivity contribution in [1.29, 1.82) is 0 Å². The third kappa shape index (κ3) is 3.51.